The van der Waals surface area contributed by atoms with E-state index in [0.717, 1.165) is 28.7 Å². The van der Waals surface area contributed by atoms with Gasteiger partial charge in [-0.3, -0.25) is 9.69 Å². The summed E-state index contributed by atoms with van der Waals surface area (Å²) in [6, 6.07) is 3.68. The fourth-order valence-electron chi connectivity index (χ4n) is 2.35. The molecular formula is C15H23ClN4O2S. The molecule has 1 aliphatic heterocycles. The van der Waals surface area contributed by atoms with E-state index in [1.165, 1.54) is 11.3 Å². The van der Waals surface area contributed by atoms with Crippen LogP contribution in [-0.4, -0.2) is 61.0 Å². The fourth-order valence-corrected chi connectivity index (χ4v) is 3.38. The molecule has 1 aromatic heterocycles. The number of thiophene rings is 1. The van der Waals surface area contributed by atoms with Gasteiger partial charge >= 0.3 is 6.03 Å². The molecule has 0 unspecified atom stereocenters. The highest BCUT2D eigenvalue weighted by atomic mass is 35.5. The average Bonchev–Trinajstić information content (AvgIpc) is 2.97. The summed E-state index contributed by atoms with van der Waals surface area (Å²) in [5, 5.41) is 5.78. The first kappa shape index (κ1) is 18.0. The third kappa shape index (κ3) is 6.01. The molecular weight excluding hydrogens is 336 g/mol. The standard InChI is InChI=1S/C15H23ClN4O2S/c1-2-5-17-14(21)11-19-6-8-20(9-7-19)15(22)18-10-12-3-4-13(16)23-12/h3-4H,2,5-11H2,1H3,(H,17,21)(H,18,22). The SMILES string of the molecule is CCCNC(=O)CN1CCN(C(=O)NCc2ccc(Cl)s2)CC1. The van der Waals surface area contributed by atoms with Gasteiger partial charge in [0.15, 0.2) is 0 Å². The third-order valence-corrected chi connectivity index (χ3v) is 4.87. The lowest BCUT2D eigenvalue weighted by molar-refractivity contribution is -0.122. The van der Waals surface area contributed by atoms with Crippen molar-refractivity contribution >= 4 is 34.9 Å². The number of hydrogen-bond donors (Lipinski definition) is 2. The average molecular weight is 359 g/mol. The van der Waals surface area contributed by atoms with E-state index in [1.54, 1.807) is 4.90 Å². The predicted molar refractivity (Wildman–Crippen MR) is 92.9 cm³/mol. The van der Waals surface area contributed by atoms with Crippen LogP contribution >= 0.6 is 22.9 Å². The molecule has 0 aliphatic carbocycles. The third-order valence-electron chi connectivity index (χ3n) is 3.64. The van der Waals surface area contributed by atoms with Gasteiger partial charge < -0.3 is 15.5 Å². The molecule has 0 aromatic carbocycles. The molecule has 8 heteroatoms. The van der Waals surface area contributed by atoms with Crippen LogP contribution in [0, 0.1) is 0 Å². The Kier molecular flexibility index (Phi) is 7.14. The summed E-state index contributed by atoms with van der Waals surface area (Å²) in [7, 11) is 0. The monoisotopic (exact) mass is 358 g/mol. The number of nitrogens with one attached hydrogen (secondary N) is 2. The molecule has 1 aromatic rings. The highest BCUT2D eigenvalue weighted by molar-refractivity contribution is 7.16. The van der Waals surface area contributed by atoms with Gasteiger partial charge in [0, 0.05) is 37.6 Å². The van der Waals surface area contributed by atoms with Gasteiger partial charge in [-0.2, -0.15) is 0 Å². The number of carbonyl (C=O) groups excluding carboxylic acids is 2. The second kappa shape index (κ2) is 9.10. The summed E-state index contributed by atoms with van der Waals surface area (Å²) in [5.74, 6) is 0.0549. The van der Waals surface area contributed by atoms with E-state index in [2.05, 4.69) is 15.5 Å². The molecule has 1 fully saturated rings. The molecule has 0 spiro atoms. The Hall–Kier alpha value is -1.31. The minimum absolute atomic E-state index is 0.0549. The van der Waals surface area contributed by atoms with E-state index in [0.29, 0.717) is 32.7 Å². The highest BCUT2D eigenvalue weighted by Gasteiger charge is 2.22. The van der Waals surface area contributed by atoms with Crippen LogP contribution in [0.5, 0.6) is 0 Å². The Bertz CT molecular complexity index is 529. The van der Waals surface area contributed by atoms with Crippen LogP contribution in [-0.2, 0) is 11.3 Å². The van der Waals surface area contributed by atoms with Crippen molar-refractivity contribution in [2.45, 2.75) is 19.9 Å². The first-order chi connectivity index (χ1) is 11.1. The number of piperazine rings is 1. The molecule has 0 atom stereocenters. The Labute approximate surface area is 145 Å². The number of halogens is 1. The summed E-state index contributed by atoms with van der Waals surface area (Å²) in [6.07, 6.45) is 0.940. The van der Waals surface area contributed by atoms with Crippen LogP contribution in [0.4, 0.5) is 4.79 Å². The van der Waals surface area contributed by atoms with Gasteiger partial charge in [-0.1, -0.05) is 18.5 Å². The Balaban J connectivity index is 1.67. The van der Waals surface area contributed by atoms with E-state index in [4.69, 9.17) is 11.6 Å². The first-order valence-electron chi connectivity index (χ1n) is 7.84. The molecule has 6 nitrogen and oxygen atoms in total. The van der Waals surface area contributed by atoms with Crippen molar-refractivity contribution in [3.8, 4) is 0 Å². The lowest BCUT2D eigenvalue weighted by Crippen LogP contribution is -2.53. The molecule has 2 heterocycles. The van der Waals surface area contributed by atoms with Crippen molar-refractivity contribution in [1.29, 1.82) is 0 Å². The van der Waals surface area contributed by atoms with Gasteiger partial charge in [-0.25, -0.2) is 4.79 Å². The molecule has 23 heavy (non-hydrogen) atoms. The second-order valence-corrected chi connectivity index (χ2v) is 7.28. The molecule has 128 valence electrons. The molecule has 0 radical (unpaired) electrons. The summed E-state index contributed by atoms with van der Waals surface area (Å²) in [5.41, 5.74) is 0. The quantitative estimate of drug-likeness (QED) is 0.814. The van der Waals surface area contributed by atoms with Gasteiger partial charge in [0.1, 0.15) is 0 Å². The van der Waals surface area contributed by atoms with Gasteiger partial charge in [-0.05, 0) is 18.6 Å². The maximum Gasteiger partial charge on any atom is 0.317 e. The van der Waals surface area contributed by atoms with Crippen molar-refractivity contribution in [2.75, 3.05) is 39.3 Å². The summed E-state index contributed by atoms with van der Waals surface area (Å²) >= 11 is 7.34. The zero-order valence-corrected chi connectivity index (χ0v) is 14.9. The van der Waals surface area contributed by atoms with Crippen LogP contribution in [0.25, 0.3) is 0 Å². The van der Waals surface area contributed by atoms with E-state index in [1.807, 2.05) is 19.1 Å². The number of nitrogens with zero attached hydrogens (tertiary/aromatic N) is 2. The Morgan fingerprint density at radius 2 is 1.96 bits per heavy atom. The summed E-state index contributed by atoms with van der Waals surface area (Å²) in [6.45, 7) is 6.36. The molecule has 1 aliphatic rings. The van der Waals surface area contributed by atoms with Crippen LogP contribution in [0.3, 0.4) is 0 Å². The van der Waals surface area contributed by atoms with E-state index in [9.17, 15) is 9.59 Å². The van der Waals surface area contributed by atoms with Crippen molar-refractivity contribution in [1.82, 2.24) is 20.4 Å². The lowest BCUT2D eigenvalue weighted by Gasteiger charge is -2.34. The van der Waals surface area contributed by atoms with Crippen LogP contribution < -0.4 is 10.6 Å². The summed E-state index contributed by atoms with van der Waals surface area (Å²) in [4.78, 5) is 28.7. The van der Waals surface area contributed by atoms with Crippen molar-refractivity contribution < 1.29 is 9.59 Å². The normalized spacial score (nSPS) is 15.5. The first-order valence-corrected chi connectivity index (χ1v) is 9.04. The largest absolute Gasteiger partial charge is 0.355 e. The van der Waals surface area contributed by atoms with Crippen LogP contribution in [0.2, 0.25) is 4.34 Å². The predicted octanol–water partition coefficient (Wildman–Crippen LogP) is 1.75. The maximum absolute atomic E-state index is 12.1. The maximum atomic E-state index is 12.1. The number of carbonyl (C=O) groups is 2. The van der Waals surface area contributed by atoms with E-state index in [-0.39, 0.29) is 11.9 Å². The number of rotatable bonds is 6. The fraction of sp³-hybridized carbons (Fsp3) is 0.600. The number of amides is 3. The topological polar surface area (TPSA) is 64.7 Å². The minimum Gasteiger partial charge on any atom is -0.355 e. The zero-order chi connectivity index (χ0) is 16.7. The summed E-state index contributed by atoms with van der Waals surface area (Å²) < 4.78 is 0.726. The molecule has 2 rings (SSSR count). The highest BCUT2D eigenvalue weighted by Crippen LogP contribution is 2.21. The Morgan fingerprint density at radius 3 is 2.57 bits per heavy atom. The van der Waals surface area contributed by atoms with Gasteiger partial charge in [-0.15, -0.1) is 11.3 Å². The van der Waals surface area contributed by atoms with E-state index >= 15 is 0 Å². The van der Waals surface area contributed by atoms with Crippen LogP contribution in [0.1, 0.15) is 18.2 Å². The van der Waals surface area contributed by atoms with E-state index < -0.39 is 0 Å². The smallest absolute Gasteiger partial charge is 0.317 e. The van der Waals surface area contributed by atoms with Crippen molar-refractivity contribution in [2.24, 2.45) is 0 Å². The number of hydrogen-bond acceptors (Lipinski definition) is 4. The Morgan fingerprint density at radius 1 is 1.22 bits per heavy atom. The van der Waals surface area contributed by atoms with Crippen LogP contribution in [0.15, 0.2) is 12.1 Å². The van der Waals surface area contributed by atoms with Gasteiger partial charge in [0.05, 0.1) is 17.4 Å². The minimum atomic E-state index is -0.0652. The molecule has 0 saturated carbocycles. The second-order valence-electron chi connectivity index (χ2n) is 5.48. The number of urea groups is 1. The molecule has 1 saturated heterocycles. The molecule has 0 bridgehead atoms. The molecule has 2 N–H and O–H groups in total. The molecule has 3 amide bonds. The van der Waals surface area contributed by atoms with Crippen molar-refractivity contribution in [3.05, 3.63) is 21.3 Å². The zero-order valence-electron chi connectivity index (χ0n) is 13.3. The lowest BCUT2D eigenvalue weighted by atomic mass is 10.3. The van der Waals surface area contributed by atoms with Crippen molar-refractivity contribution in [3.63, 3.8) is 0 Å². The van der Waals surface area contributed by atoms with Gasteiger partial charge in [0.2, 0.25) is 5.91 Å². The van der Waals surface area contributed by atoms with Gasteiger partial charge in [0.25, 0.3) is 0 Å².